The second kappa shape index (κ2) is 6.02. The van der Waals surface area contributed by atoms with E-state index in [1.165, 1.54) is 64.5 Å². The lowest BCUT2D eigenvalue weighted by molar-refractivity contribution is 0.202. The third-order valence-electron chi connectivity index (χ3n) is 4.54. The molecule has 2 nitrogen and oxygen atoms in total. The number of nitrogens with zero attached hydrogens (tertiary/aromatic N) is 1. The Labute approximate surface area is 101 Å². The van der Waals surface area contributed by atoms with Crippen molar-refractivity contribution < 1.29 is 0 Å². The quantitative estimate of drug-likeness (QED) is 0.798. The Morgan fingerprint density at radius 2 is 2.00 bits per heavy atom. The number of nitrogens with two attached hydrogens (primary N) is 1. The highest BCUT2D eigenvalue weighted by molar-refractivity contribution is 4.86. The zero-order valence-corrected chi connectivity index (χ0v) is 10.8. The van der Waals surface area contributed by atoms with Gasteiger partial charge in [0.15, 0.2) is 0 Å². The fourth-order valence-electron chi connectivity index (χ4n) is 3.57. The number of likely N-dealkylation sites (tertiary alicyclic amines) is 1. The van der Waals surface area contributed by atoms with Gasteiger partial charge >= 0.3 is 0 Å². The average Bonchev–Trinajstić information content (AvgIpc) is 2.57. The topological polar surface area (TPSA) is 29.3 Å². The monoisotopic (exact) mass is 224 g/mol. The van der Waals surface area contributed by atoms with E-state index in [-0.39, 0.29) is 0 Å². The standard InChI is InChI=1S/C14H28N2/c1-2-4-12-5-3-9-16(10-8-12)14-7-6-13(15)11-14/h12-14H,2-11,15H2,1H3. The van der Waals surface area contributed by atoms with Gasteiger partial charge in [0.25, 0.3) is 0 Å². The molecule has 0 bridgehead atoms. The van der Waals surface area contributed by atoms with Crippen LogP contribution in [-0.4, -0.2) is 30.1 Å². The first kappa shape index (κ1) is 12.4. The van der Waals surface area contributed by atoms with Crippen LogP contribution in [0.1, 0.15) is 58.3 Å². The summed E-state index contributed by atoms with van der Waals surface area (Å²) in [5.74, 6) is 1.00. The SMILES string of the molecule is CCCC1CCCN(C2CCC(N)C2)CC1. The zero-order chi connectivity index (χ0) is 11.4. The lowest BCUT2D eigenvalue weighted by Crippen LogP contribution is -2.35. The number of rotatable bonds is 3. The van der Waals surface area contributed by atoms with Gasteiger partial charge in [-0.25, -0.2) is 0 Å². The van der Waals surface area contributed by atoms with Crippen molar-refractivity contribution >= 4 is 0 Å². The number of hydrogen-bond acceptors (Lipinski definition) is 2. The van der Waals surface area contributed by atoms with E-state index in [1.54, 1.807) is 0 Å². The van der Waals surface area contributed by atoms with Crippen LogP contribution in [0.5, 0.6) is 0 Å². The molecule has 3 unspecified atom stereocenters. The maximum Gasteiger partial charge on any atom is 0.0111 e. The predicted molar refractivity (Wildman–Crippen MR) is 69.4 cm³/mol. The summed E-state index contributed by atoms with van der Waals surface area (Å²) >= 11 is 0. The molecule has 3 atom stereocenters. The molecule has 0 amide bonds. The summed E-state index contributed by atoms with van der Waals surface area (Å²) < 4.78 is 0. The summed E-state index contributed by atoms with van der Waals surface area (Å²) in [6, 6.07) is 1.30. The summed E-state index contributed by atoms with van der Waals surface area (Å²) in [4.78, 5) is 2.74. The van der Waals surface area contributed by atoms with Crippen molar-refractivity contribution in [2.75, 3.05) is 13.1 Å². The molecule has 2 aliphatic rings. The Hall–Kier alpha value is -0.0800. The minimum absolute atomic E-state index is 0.486. The summed E-state index contributed by atoms with van der Waals surface area (Å²) in [6.45, 7) is 4.98. The van der Waals surface area contributed by atoms with Crippen LogP contribution < -0.4 is 5.73 Å². The molecule has 2 heteroatoms. The molecule has 1 saturated carbocycles. The van der Waals surface area contributed by atoms with E-state index in [9.17, 15) is 0 Å². The Bertz CT molecular complexity index is 205. The molecule has 1 aliphatic heterocycles. The maximum absolute atomic E-state index is 6.02. The smallest absolute Gasteiger partial charge is 0.0111 e. The fraction of sp³-hybridized carbons (Fsp3) is 1.00. The van der Waals surface area contributed by atoms with E-state index in [4.69, 9.17) is 5.73 Å². The maximum atomic E-state index is 6.02. The van der Waals surface area contributed by atoms with Gasteiger partial charge in [0.1, 0.15) is 0 Å². The summed E-state index contributed by atoms with van der Waals surface area (Å²) in [5.41, 5.74) is 6.02. The number of hydrogen-bond donors (Lipinski definition) is 1. The van der Waals surface area contributed by atoms with Gasteiger partial charge < -0.3 is 10.6 Å². The molecule has 0 spiro atoms. The zero-order valence-electron chi connectivity index (χ0n) is 10.8. The van der Waals surface area contributed by atoms with E-state index in [0.29, 0.717) is 6.04 Å². The molecule has 0 radical (unpaired) electrons. The molecule has 16 heavy (non-hydrogen) atoms. The second-order valence-corrected chi connectivity index (χ2v) is 5.85. The lowest BCUT2D eigenvalue weighted by atomic mass is 9.96. The van der Waals surface area contributed by atoms with Gasteiger partial charge in [0.05, 0.1) is 0 Å². The van der Waals surface area contributed by atoms with Crippen LogP contribution in [0, 0.1) is 5.92 Å². The van der Waals surface area contributed by atoms with Crippen molar-refractivity contribution in [2.45, 2.75) is 70.4 Å². The Morgan fingerprint density at radius 1 is 1.12 bits per heavy atom. The molecule has 0 aromatic carbocycles. The normalized spacial score (nSPS) is 37.5. The minimum atomic E-state index is 0.486. The molecule has 2 N–H and O–H groups in total. The highest BCUT2D eigenvalue weighted by atomic mass is 15.2. The Morgan fingerprint density at radius 3 is 2.69 bits per heavy atom. The van der Waals surface area contributed by atoms with Gasteiger partial charge in [0, 0.05) is 12.1 Å². The summed E-state index contributed by atoms with van der Waals surface area (Å²) in [5, 5.41) is 0. The van der Waals surface area contributed by atoms with Crippen molar-refractivity contribution in [2.24, 2.45) is 11.7 Å². The summed E-state index contributed by atoms with van der Waals surface area (Å²) in [6.07, 6.45) is 11.0. The molecular formula is C14H28N2. The first-order chi connectivity index (χ1) is 7.79. The highest BCUT2D eigenvalue weighted by Crippen LogP contribution is 2.28. The van der Waals surface area contributed by atoms with Crippen molar-refractivity contribution in [1.29, 1.82) is 0 Å². The Balaban J connectivity index is 1.79. The van der Waals surface area contributed by atoms with E-state index in [0.717, 1.165) is 12.0 Å². The van der Waals surface area contributed by atoms with Crippen LogP contribution in [-0.2, 0) is 0 Å². The van der Waals surface area contributed by atoms with Crippen LogP contribution in [0.2, 0.25) is 0 Å². The predicted octanol–water partition coefficient (Wildman–Crippen LogP) is 2.77. The van der Waals surface area contributed by atoms with E-state index in [2.05, 4.69) is 11.8 Å². The molecule has 2 rings (SSSR count). The van der Waals surface area contributed by atoms with Crippen molar-refractivity contribution in [3.05, 3.63) is 0 Å². The molecule has 1 aliphatic carbocycles. The Kier molecular flexibility index (Phi) is 4.66. The largest absolute Gasteiger partial charge is 0.328 e. The fourth-order valence-corrected chi connectivity index (χ4v) is 3.57. The molecule has 1 heterocycles. The molecule has 2 fully saturated rings. The molecule has 94 valence electrons. The van der Waals surface area contributed by atoms with Crippen LogP contribution in [0.4, 0.5) is 0 Å². The van der Waals surface area contributed by atoms with Crippen LogP contribution >= 0.6 is 0 Å². The van der Waals surface area contributed by atoms with E-state index in [1.807, 2.05) is 0 Å². The van der Waals surface area contributed by atoms with Gasteiger partial charge in [-0.2, -0.15) is 0 Å². The summed E-state index contributed by atoms with van der Waals surface area (Å²) in [7, 11) is 0. The third kappa shape index (κ3) is 3.21. The van der Waals surface area contributed by atoms with Gasteiger partial charge in [0.2, 0.25) is 0 Å². The second-order valence-electron chi connectivity index (χ2n) is 5.85. The minimum Gasteiger partial charge on any atom is -0.328 e. The van der Waals surface area contributed by atoms with Crippen molar-refractivity contribution in [1.82, 2.24) is 4.90 Å². The van der Waals surface area contributed by atoms with Crippen molar-refractivity contribution in [3.63, 3.8) is 0 Å². The lowest BCUT2D eigenvalue weighted by Gasteiger charge is -2.27. The molecule has 0 aromatic heterocycles. The highest BCUT2D eigenvalue weighted by Gasteiger charge is 2.28. The van der Waals surface area contributed by atoms with Gasteiger partial charge in [-0.3, -0.25) is 0 Å². The molecular weight excluding hydrogens is 196 g/mol. The van der Waals surface area contributed by atoms with Crippen LogP contribution in [0.3, 0.4) is 0 Å². The van der Waals surface area contributed by atoms with Gasteiger partial charge in [-0.05, 0) is 57.5 Å². The first-order valence-electron chi connectivity index (χ1n) is 7.29. The van der Waals surface area contributed by atoms with Gasteiger partial charge in [-0.1, -0.05) is 19.8 Å². The van der Waals surface area contributed by atoms with E-state index >= 15 is 0 Å². The van der Waals surface area contributed by atoms with E-state index < -0.39 is 0 Å². The third-order valence-corrected chi connectivity index (χ3v) is 4.54. The average molecular weight is 224 g/mol. The molecule has 1 saturated heterocycles. The van der Waals surface area contributed by atoms with Crippen LogP contribution in [0.25, 0.3) is 0 Å². The van der Waals surface area contributed by atoms with Crippen LogP contribution in [0.15, 0.2) is 0 Å². The first-order valence-corrected chi connectivity index (χ1v) is 7.29. The van der Waals surface area contributed by atoms with Gasteiger partial charge in [-0.15, -0.1) is 0 Å². The van der Waals surface area contributed by atoms with Crippen molar-refractivity contribution in [3.8, 4) is 0 Å². The molecule has 0 aromatic rings.